The predicted molar refractivity (Wildman–Crippen MR) is 38.4 cm³/mol. The maximum atomic E-state index is 3.90. The fraction of sp³-hybridized carbons (Fsp3) is 0.667. The summed E-state index contributed by atoms with van der Waals surface area (Å²) in [5, 5.41) is 10.9. The van der Waals surface area contributed by atoms with E-state index in [-0.39, 0.29) is 0 Å². The van der Waals surface area contributed by atoms with Crippen LogP contribution in [0, 0.1) is 0 Å². The van der Waals surface area contributed by atoms with Crippen LogP contribution < -0.4 is 5.32 Å². The van der Waals surface area contributed by atoms with Crippen LogP contribution in [0.15, 0.2) is 6.20 Å². The highest BCUT2D eigenvalue weighted by molar-refractivity contribution is 4.90. The van der Waals surface area contributed by atoms with E-state index in [9.17, 15) is 0 Å². The van der Waals surface area contributed by atoms with Crippen molar-refractivity contribution in [2.24, 2.45) is 7.05 Å². The quantitative estimate of drug-likeness (QED) is 0.638. The Morgan fingerprint density at radius 2 is 2.50 bits per heavy atom. The lowest BCUT2D eigenvalue weighted by atomic mass is 10.5. The van der Waals surface area contributed by atoms with Crippen molar-refractivity contribution in [2.45, 2.75) is 13.5 Å². The van der Waals surface area contributed by atoms with Crippen molar-refractivity contribution in [3.05, 3.63) is 11.9 Å². The fourth-order valence-electron chi connectivity index (χ4n) is 0.729. The molecule has 0 saturated heterocycles. The van der Waals surface area contributed by atoms with E-state index in [0.29, 0.717) is 0 Å². The maximum absolute atomic E-state index is 3.90. The molecule has 0 aliphatic carbocycles. The third-order valence-electron chi connectivity index (χ3n) is 1.21. The van der Waals surface area contributed by atoms with Gasteiger partial charge in [0.15, 0.2) is 0 Å². The summed E-state index contributed by atoms with van der Waals surface area (Å²) in [6, 6.07) is 0. The second-order valence-corrected chi connectivity index (χ2v) is 2.16. The zero-order valence-corrected chi connectivity index (χ0v) is 6.33. The van der Waals surface area contributed by atoms with Crippen molar-refractivity contribution in [1.82, 2.24) is 20.3 Å². The molecule has 1 N–H and O–H groups in total. The number of hydrogen-bond acceptors (Lipinski definition) is 3. The summed E-state index contributed by atoms with van der Waals surface area (Å²) in [6.45, 7) is 3.84. The van der Waals surface area contributed by atoms with E-state index in [1.165, 1.54) is 0 Å². The zero-order valence-electron chi connectivity index (χ0n) is 6.33. The molecule has 0 spiro atoms. The molecule has 56 valence electrons. The lowest BCUT2D eigenvalue weighted by Crippen LogP contribution is -2.11. The number of rotatable bonds is 3. The molecule has 0 aliphatic rings. The molecule has 0 saturated carbocycles. The van der Waals surface area contributed by atoms with Gasteiger partial charge in [0.25, 0.3) is 0 Å². The van der Waals surface area contributed by atoms with E-state index < -0.39 is 0 Å². The molecule has 0 aliphatic heterocycles. The Morgan fingerprint density at radius 1 is 1.70 bits per heavy atom. The molecular formula is C6H12N4. The summed E-state index contributed by atoms with van der Waals surface area (Å²) in [5.74, 6) is 0. The van der Waals surface area contributed by atoms with Gasteiger partial charge in [0.1, 0.15) is 0 Å². The topological polar surface area (TPSA) is 42.7 Å². The molecule has 0 unspecified atom stereocenters. The van der Waals surface area contributed by atoms with Crippen LogP contribution in [0.25, 0.3) is 0 Å². The van der Waals surface area contributed by atoms with Crippen LogP contribution in [-0.2, 0) is 13.6 Å². The largest absolute Gasteiger partial charge is 0.311 e. The molecule has 0 aromatic carbocycles. The summed E-state index contributed by atoms with van der Waals surface area (Å²) in [6.07, 6.45) is 1.91. The number of aromatic nitrogens is 3. The zero-order chi connectivity index (χ0) is 7.40. The highest BCUT2D eigenvalue weighted by atomic mass is 15.4. The van der Waals surface area contributed by atoms with Crippen molar-refractivity contribution in [3.8, 4) is 0 Å². The molecule has 0 fully saturated rings. The van der Waals surface area contributed by atoms with E-state index in [1.807, 2.05) is 13.2 Å². The van der Waals surface area contributed by atoms with E-state index in [4.69, 9.17) is 0 Å². The first-order chi connectivity index (χ1) is 4.83. The van der Waals surface area contributed by atoms with Crippen molar-refractivity contribution in [3.63, 3.8) is 0 Å². The van der Waals surface area contributed by atoms with Gasteiger partial charge in [-0.3, -0.25) is 4.68 Å². The number of hydrogen-bond donors (Lipinski definition) is 1. The molecule has 1 aromatic heterocycles. The third-order valence-corrected chi connectivity index (χ3v) is 1.21. The van der Waals surface area contributed by atoms with Crippen LogP contribution in [-0.4, -0.2) is 21.5 Å². The molecule has 10 heavy (non-hydrogen) atoms. The highest BCUT2D eigenvalue weighted by Crippen LogP contribution is 1.88. The Morgan fingerprint density at radius 3 is 3.00 bits per heavy atom. The molecule has 1 rings (SSSR count). The molecule has 1 heterocycles. The van der Waals surface area contributed by atoms with E-state index in [1.54, 1.807) is 4.68 Å². The van der Waals surface area contributed by atoms with Crippen LogP contribution in [0.1, 0.15) is 12.6 Å². The van der Waals surface area contributed by atoms with E-state index >= 15 is 0 Å². The summed E-state index contributed by atoms with van der Waals surface area (Å²) < 4.78 is 1.70. The summed E-state index contributed by atoms with van der Waals surface area (Å²) in [4.78, 5) is 0. The Balaban J connectivity index is 2.42. The van der Waals surface area contributed by atoms with Gasteiger partial charge in [-0.1, -0.05) is 12.1 Å². The molecule has 0 radical (unpaired) electrons. The minimum atomic E-state index is 0.810. The molecule has 0 bridgehead atoms. The Hall–Kier alpha value is -0.900. The third kappa shape index (κ3) is 1.80. The molecule has 1 aromatic rings. The molecule has 0 amide bonds. The first-order valence-corrected chi connectivity index (χ1v) is 3.39. The van der Waals surface area contributed by atoms with Crippen LogP contribution in [0.3, 0.4) is 0 Å². The average Bonchev–Trinajstić information content (AvgIpc) is 2.31. The fourth-order valence-corrected chi connectivity index (χ4v) is 0.729. The van der Waals surface area contributed by atoms with Gasteiger partial charge in [-0.15, -0.1) is 5.10 Å². The van der Waals surface area contributed by atoms with Gasteiger partial charge in [-0.2, -0.15) is 0 Å². The van der Waals surface area contributed by atoms with E-state index in [0.717, 1.165) is 18.8 Å². The number of aryl methyl sites for hydroxylation is 1. The van der Waals surface area contributed by atoms with Crippen molar-refractivity contribution in [1.29, 1.82) is 0 Å². The number of nitrogens with zero attached hydrogens (tertiary/aromatic N) is 3. The lowest BCUT2D eigenvalue weighted by molar-refractivity contribution is 0.696. The summed E-state index contributed by atoms with van der Waals surface area (Å²) in [7, 11) is 1.86. The number of nitrogens with one attached hydrogen (secondary N) is 1. The summed E-state index contributed by atoms with van der Waals surface area (Å²) >= 11 is 0. The summed E-state index contributed by atoms with van der Waals surface area (Å²) in [5.41, 5.74) is 0.990. The van der Waals surface area contributed by atoms with Gasteiger partial charge in [-0.05, 0) is 6.54 Å². The normalized spacial score (nSPS) is 10.2. The van der Waals surface area contributed by atoms with Crippen LogP contribution in [0.5, 0.6) is 0 Å². The van der Waals surface area contributed by atoms with Crippen molar-refractivity contribution >= 4 is 0 Å². The predicted octanol–water partition coefficient (Wildman–Crippen LogP) is -0.0754. The SMILES string of the molecule is CCNCc1cn(C)nn1. The van der Waals surface area contributed by atoms with Crippen LogP contribution in [0.2, 0.25) is 0 Å². The van der Waals surface area contributed by atoms with Gasteiger partial charge in [0.05, 0.1) is 5.69 Å². The molecule has 0 atom stereocenters. The average molecular weight is 140 g/mol. The Kier molecular flexibility index (Phi) is 2.39. The van der Waals surface area contributed by atoms with Gasteiger partial charge in [0.2, 0.25) is 0 Å². The van der Waals surface area contributed by atoms with Crippen LogP contribution in [0.4, 0.5) is 0 Å². The minimum Gasteiger partial charge on any atom is -0.311 e. The van der Waals surface area contributed by atoms with Gasteiger partial charge >= 0.3 is 0 Å². The molecule has 4 nitrogen and oxygen atoms in total. The second kappa shape index (κ2) is 3.31. The first-order valence-electron chi connectivity index (χ1n) is 3.39. The second-order valence-electron chi connectivity index (χ2n) is 2.16. The van der Waals surface area contributed by atoms with Crippen LogP contribution >= 0.6 is 0 Å². The Labute approximate surface area is 60.2 Å². The maximum Gasteiger partial charge on any atom is 0.0964 e. The van der Waals surface area contributed by atoms with Gasteiger partial charge < -0.3 is 5.32 Å². The first kappa shape index (κ1) is 7.21. The minimum absolute atomic E-state index is 0.810. The van der Waals surface area contributed by atoms with Gasteiger partial charge in [0, 0.05) is 19.8 Å². The highest BCUT2D eigenvalue weighted by Gasteiger charge is 1.94. The molecular weight excluding hydrogens is 128 g/mol. The monoisotopic (exact) mass is 140 g/mol. The molecule has 4 heteroatoms. The van der Waals surface area contributed by atoms with E-state index in [2.05, 4.69) is 22.6 Å². The Bertz CT molecular complexity index is 193. The standard InChI is InChI=1S/C6H12N4/c1-3-7-4-6-5-10(2)9-8-6/h5,7H,3-4H2,1-2H3. The van der Waals surface area contributed by atoms with Crippen molar-refractivity contribution < 1.29 is 0 Å². The lowest BCUT2D eigenvalue weighted by Gasteiger charge is -1.93. The smallest absolute Gasteiger partial charge is 0.0964 e. The van der Waals surface area contributed by atoms with Crippen molar-refractivity contribution in [2.75, 3.05) is 6.54 Å². The van der Waals surface area contributed by atoms with Gasteiger partial charge in [-0.25, -0.2) is 0 Å².